The molecule has 1 amide bonds. The highest BCUT2D eigenvalue weighted by Gasteiger charge is 2.12. The fourth-order valence-corrected chi connectivity index (χ4v) is 2.82. The van der Waals surface area contributed by atoms with E-state index in [9.17, 15) is 9.59 Å². The van der Waals surface area contributed by atoms with Crippen molar-refractivity contribution in [3.05, 3.63) is 58.1 Å². The summed E-state index contributed by atoms with van der Waals surface area (Å²) in [6.45, 7) is 3.85. The van der Waals surface area contributed by atoms with Gasteiger partial charge in [-0.25, -0.2) is 4.79 Å². The standard InChI is InChI=1S/C19H19BrN2O4S/c1-11(2)26-16-9-6-13(10-15(16)20)17(23)22-19(27)21-14-7-4-12(5-8-14)18(24)25-3/h4-11H,1-3H3,(H2,21,22,23,27). The molecule has 6 nitrogen and oxygen atoms in total. The molecule has 0 heterocycles. The van der Waals surface area contributed by atoms with Crippen LogP contribution in [0, 0.1) is 0 Å². The Morgan fingerprint density at radius 3 is 2.26 bits per heavy atom. The van der Waals surface area contributed by atoms with Gasteiger partial charge in [-0.1, -0.05) is 0 Å². The largest absolute Gasteiger partial charge is 0.490 e. The molecule has 27 heavy (non-hydrogen) atoms. The van der Waals surface area contributed by atoms with Gasteiger partial charge in [-0.15, -0.1) is 0 Å². The smallest absolute Gasteiger partial charge is 0.337 e. The molecule has 2 aromatic rings. The number of rotatable bonds is 5. The number of benzene rings is 2. The number of esters is 1. The minimum absolute atomic E-state index is 0.0309. The summed E-state index contributed by atoms with van der Waals surface area (Å²) in [5.41, 5.74) is 1.49. The molecule has 2 N–H and O–H groups in total. The van der Waals surface area contributed by atoms with E-state index in [-0.39, 0.29) is 17.1 Å². The fourth-order valence-electron chi connectivity index (χ4n) is 2.14. The highest BCUT2D eigenvalue weighted by Crippen LogP contribution is 2.27. The molecule has 0 unspecified atom stereocenters. The second-order valence-corrected chi connectivity index (χ2v) is 7.05. The van der Waals surface area contributed by atoms with Crippen molar-refractivity contribution in [1.29, 1.82) is 0 Å². The van der Waals surface area contributed by atoms with E-state index in [4.69, 9.17) is 17.0 Å². The summed E-state index contributed by atoms with van der Waals surface area (Å²) in [5, 5.41) is 5.64. The number of amides is 1. The third-order valence-corrected chi connectivity index (χ3v) is 4.17. The summed E-state index contributed by atoms with van der Waals surface area (Å²) in [7, 11) is 1.32. The second kappa shape index (κ2) is 9.48. The highest BCUT2D eigenvalue weighted by atomic mass is 79.9. The molecule has 0 aliphatic heterocycles. The van der Waals surface area contributed by atoms with Crippen molar-refractivity contribution >= 4 is 50.8 Å². The number of halogens is 1. The first-order chi connectivity index (χ1) is 12.8. The average Bonchev–Trinajstić information content (AvgIpc) is 2.62. The maximum Gasteiger partial charge on any atom is 0.337 e. The van der Waals surface area contributed by atoms with Crippen LogP contribution in [0.25, 0.3) is 0 Å². The van der Waals surface area contributed by atoms with E-state index in [2.05, 4.69) is 31.3 Å². The average molecular weight is 451 g/mol. The first kappa shape index (κ1) is 20.9. The van der Waals surface area contributed by atoms with E-state index < -0.39 is 5.97 Å². The Labute approximate surface area is 171 Å². The normalized spacial score (nSPS) is 10.3. The molecular formula is C19H19BrN2O4S. The number of carbonyl (C=O) groups excluding carboxylic acids is 2. The first-order valence-corrected chi connectivity index (χ1v) is 9.27. The van der Waals surface area contributed by atoms with Crippen molar-refractivity contribution in [3.8, 4) is 5.75 Å². The number of anilines is 1. The van der Waals surface area contributed by atoms with Crippen LogP contribution in [-0.4, -0.2) is 30.2 Å². The van der Waals surface area contributed by atoms with E-state index in [1.165, 1.54) is 7.11 Å². The van der Waals surface area contributed by atoms with Crippen LogP contribution in [0.2, 0.25) is 0 Å². The SMILES string of the molecule is COC(=O)c1ccc(NC(=S)NC(=O)c2ccc(OC(C)C)c(Br)c2)cc1. The van der Waals surface area contributed by atoms with Gasteiger partial charge in [-0.3, -0.25) is 10.1 Å². The first-order valence-electron chi connectivity index (χ1n) is 8.07. The molecule has 0 aliphatic rings. The van der Waals surface area contributed by atoms with Gasteiger partial charge in [0.25, 0.3) is 5.91 Å². The maximum atomic E-state index is 12.4. The Morgan fingerprint density at radius 2 is 1.70 bits per heavy atom. The molecule has 0 saturated carbocycles. The van der Waals surface area contributed by atoms with Gasteiger partial charge in [-0.05, 0) is 84.5 Å². The van der Waals surface area contributed by atoms with Gasteiger partial charge in [0, 0.05) is 11.3 Å². The zero-order valence-electron chi connectivity index (χ0n) is 15.0. The molecule has 0 aliphatic carbocycles. The number of thiocarbonyl (C=S) groups is 1. The van der Waals surface area contributed by atoms with Crippen molar-refractivity contribution in [2.24, 2.45) is 0 Å². The Balaban J connectivity index is 1.98. The second-order valence-electron chi connectivity index (χ2n) is 5.79. The zero-order valence-corrected chi connectivity index (χ0v) is 17.4. The maximum absolute atomic E-state index is 12.4. The molecule has 142 valence electrons. The summed E-state index contributed by atoms with van der Waals surface area (Å²) in [6.07, 6.45) is 0.0309. The van der Waals surface area contributed by atoms with Gasteiger partial charge >= 0.3 is 5.97 Å². The molecule has 0 atom stereocenters. The number of ether oxygens (including phenoxy) is 2. The van der Waals surface area contributed by atoms with Crippen molar-refractivity contribution < 1.29 is 19.1 Å². The molecule has 0 bridgehead atoms. The van der Waals surface area contributed by atoms with Gasteiger partial charge < -0.3 is 14.8 Å². The van der Waals surface area contributed by atoms with Crippen LogP contribution in [0.3, 0.4) is 0 Å². The lowest BCUT2D eigenvalue weighted by Crippen LogP contribution is -2.34. The Bertz CT molecular complexity index is 853. The monoisotopic (exact) mass is 450 g/mol. The van der Waals surface area contributed by atoms with Crippen LogP contribution in [-0.2, 0) is 4.74 Å². The van der Waals surface area contributed by atoms with Crippen LogP contribution >= 0.6 is 28.1 Å². The summed E-state index contributed by atoms with van der Waals surface area (Å²) in [4.78, 5) is 23.8. The molecule has 0 aromatic heterocycles. The predicted molar refractivity (Wildman–Crippen MR) is 111 cm³/mol. The fraction of sp³-hybridized carbons (Fsp3) is 0.211. The Kier molecular flexibility index (Phi) is 7.32. The van der Waals surface area contributed by atoms with Gasteiger partial charge in [0.05, 0.1) is 23.2 Å². The molecule has 2 rings (SSSR count). The quantitative estimate of drug-likeness (QED) is 0.526. The number of methoxy groups -OCH3 is 1. The van der Waals surface area contributed by atoms with Crippen molar-refractivity contribution in [2.45, 2.75) is 20.0 Å². The number of carbonyl (C=O) groups is 2. The summed E-state index contributed by atoms with van der Waals surface area (Å²) in [5.74, 6) is -0.115. The minimum Gasteiger partial charge on any atom is -0.490 e. The molecule has 0 fully saturated rings. The van der Waals surface area contributed by atoms with Gasteiger partial charge in [0.1, 0.15) is 5.75 Å². The van der Waals surface area contributed by atoms with E-state index in [1.54, 1.807) is 42.5 Å². The van der Waals surface area contributed by atoms with Gasteiger partial charge in [-0.2, -0.15) is 0 Å². The molecule has 2 aromatic carbocycles. The van der Waals surface area contributed by atoms with Crippen molar-refractivity contribution in [3.63, 3.8) is 0 Å². The minimum atomic E-state index is -0.423. The van der Waals surface area contributed by atoms with Crippen molar-refractivity contribution in [1.82, 2.24) is 5.32 Å². The highest BCUT2D eigenvalue weighted by molar-refractivity contribution is 9.10. The summed E-state index contributed by atoms with van der Waals surface area (Å²) >= 11 is 8.56. The van der Waals surface area contributed by atoms with E-state index in [1.807, 2.05) is 13.8 Å². The van der Waals surface area contributed by atoms with Crippen LogP contribution in [0.4, 0.5) is 5.69 Å². The van der Waals surface area contributed by atoms with Crippen LogP contribution in [0.1, 0.15) is 34.6 Å². The number of hydrogen-bond donors (Lipinski definition) is 2. The van der Waals surface area contributed by atoms with E-state index >= 15 is 0 Å². The lowest BCUT2D eigenvalue weighted by atomic mass is 10.2. The molecule has 0 spiro atoms. The van der Waals surface area contributed by atoms with Crippen molar-refractivity contribution in [2.75, 3.05) is 12.4 Å². The van der Waals surface area contributed by atoms with E-state index in [0.717, 1.165) is 0 Å². The van der Waals surface area contributed by atoms with Gasteiger partial charge in [0.2, 0.25) is 0 Å². The topological polar surface area (TPSA) is 76.7 Å². The Hall–Kier alpha value is -2.45. The lowest BCUT2D eigenvalue weighted by Gasteiger charge is -2.13. The van der Waals surface area contributed by atoms with Crippen LogP contribution < -0.4 is 15.4 Å². The van der Waals surface area contributed by atoms with E-state index in [0.29, 0.717) is 27.0 Å². The lowest BCUT2D eigenvalue weighted by molar-refractivity contribution is 0.0600. The third-order valence-electron chi connectivity index (χ3n) is 3.35. The molecular weight excluding hydrogens is 432 g/mol. The third kappa shape index (κ3) is 6.04. The number of nitrogens with one attached hydrogen (secondary N) is 2. The summed E-state index contributed by atoms with van der Waals surface area (Å²) < 4.78 is 10.9. The summed E-state index contributed by atoms with van der Waals surface area (Å²) in [6, 6.07) is 11.6. The molecule has 0 radical (unpaired) electrons. The van der Waals surface area contributed by atoms with Crippen LogP contribution in [0.5, 0.6) is 5.75 Å². The molecule has 8 heteroatoms. The zero-order chi connectivity index (χ0) is 20.0. The Morgan fingerprint density at radius 1 is 1.07 bits per heavy atom. The predicted octanol–water partition coefficient (Wildman–Crippen LogP) is 4.15. The van der Waals surface area contributed by atoms with Gasteiger partial charge in [0.15, 0.2) is 5.11 Å². The number of hydrogen-bond acceptors (Lipinski definition) is 5. The molecule has 0 saturated heterocycles. The van der Waals surface area contributed by atoms with Crippen LogP contribution in [0.15, 0.2) is 46.9 Å².